The summed E-state index contributed by atoms with van der Waals surface area (Å²) in [6, 6.07) is 9.76. The summed E-state index contributed by atoms with van der Waals surface area (Å²) in [7, 11) is 1.52. The highest BCUT2D eigenvalue weighted by molar-refractivity contribution is 6.03. The van der Waals surface area contributed by atoms with Crippen LogP contribution in [0.4, 0.5) is 18.9 Å². The second-order valence-electron chi connectivity index (χ2n) is 5.91. The number of amides is 1. The van der Waals surface area contributed by atoms with Crippen molar-refractivity contribution in [2.75, 3.05) is 12.4 Å². The molecule has 1 aromatic carbocycles. The van der Waals surface area contributed by atoms with E-state index in [0.717, 1.165) is 0 Å². The number of fused-ring (bicyclic) bond motifs is 1. The predicted octanol–water partition coefficient (Wildman–Crippen LogP) is 3.66. The quantitative estimate of drug-likeness (QED) is 0.559. The molecular weight excluding hydrogens is 391 g/mol. The summed E-state index contributed by atoms with van der Waals surface area (Å²) in [5.74, 6) is -1.54. The van der Waals surface area contributed by atoms with Crippen molar-refractivity contribution in [2.45, 2.75) is 6.18 Å². The third-order valence-corrected chi connectivity index (χ3v) is 3.95. The Morgan fingerprint density at radius 3 is 2.76 bits per heavy atom. The third-order valence-electron chi connectivity index (χ3n) is 3.95. The number of nitrogens with zero attached hydrogens (tertiary/aromatic N) is 4. The molecule has 0 saturated carbocycles. The fraction of sp³-hybridized carbons (Fsp3) is 0.111. The average Bonchev–Trinajstić information content (AvgIpc) is 3.34. The van der Waals surface area contributed by atoms with Crippen molar-refractivity contribution < 1.29 is 27.2 Å². The van der Waals surface area contributed by atoms with E-state index in [-0.39, 0.29) is 17.1 Å². The van der Waals surface area contributed by atoms with Gasteiger partial charge in [-0.2, -0.15) is 18.2 Å². The maximum Gasteiger partial charge on any atom is 0.471 e. The molecule has 0 aliphatic heterocycles. The normalized spacial score (nSPS) is 11.6. The van der Waals surface area contributed by atoms with Crippen LogP contribution in [0.25, 0.3) is 17.0 Å². The summed E-state index contributed by atoms with van der Waals surface area (Å²) in [5, 5.41) is 6.04. The van der Waals surface area contributed by atoms with Crippen LogP contribution in [0.15, 0.2) is 53.3 Å². The van der Waals surface area contributed by atoms with E-state index in [1.807, 2.05) is 0 Å². The summed E-state index contributed by atoms with van der Waals surface area (Å²) in [4.78, 5) is 20.0. The van der Waals surface area contributed by atoms with Crippen LogP contribution >= 0.6 is 0 Å². The summed E-state index contributed by atoms with van der Waals surface area (Å²) in [5.41, 5.74) is 1.24. The van der Waals surface area contributed by atoms with Gasteiger partial charge in [-0.25, -0.2) is 4.98 Å². The number of ether oxygens (including phenoxy) is 1. The van der Waals surface area contributed by atoms with Crippen molar-refractivity contribution in [3.8, 4) is 17.1 Å². The van der Waals surface area contributed by atoms with E-state index in [0.29, 0.717) is 17.1 Å². The van der Waals surface area contributed by atoms with Gasteiger partial charge in [-0.05, 0) is 24.3 Å². The Bertz CT molecular complexity index is 1200. The molecule has 1 N–H and O–H groups in total. The van der Waals surface area contributed by atoms with Crippen LogP contribution < -0.4 is 10.1 Å². The van der Waals surface area contributed by atoms with Gasteiger partial charge < -0.3 is 19.0 Å². The van der Waals surface area contributed by atoms with Gasteiger partial charge in [-0.15, -0.1) is 0 Å². The van der Waals surface area contributed by atoms with Crippen LogP contribution in [-0.4, -0.2) is 32.5 Å². The van der Waals surface area contributed by atoms with Crippen molar-refractivity contribution in [2.24, 2.45) is 0 Å². The fourth-order valence-electron chi connectivity index (χ4n) is 2.58. The largest absolute Gasteiger partial charge is 0.497 e. The van der Waals surface area contributed by atoms with Crippen LogP contribution in [0, 0.1) is 0 Å². The van der Waals surface area contributed by atoms with Gasteiger partial charge in [0.25, 0.3) is 5.91 Å². The first-order chi connectivity index (χ1) is 13.8. The number of pyridine rings is 1. The van der Waals surface area contributed by atoms with Gasteiger partial charge in [0.2, 0.25) is 5.82 Å². The van der Waals surface area contributed by atoms with E-state index in [9.17, 15) is 18.0 Å². The fourth-order valence-corrected chi connectivity index (χ4v) is 2.58. The zero-order chi connectivity index (χ0) is 20.6. The van der Waals surface area contributed by atoms with Gasteiger partial charge in [0.15, 0.2) is 0 Å². The molecule has 1 amide bonds. The molecule has 0 saturated heterocycles. The highest BCUT2D eigenvalue weighted by atomic mass is 19.4. The van der Waals surface area contributed by atoms with E-state index < -0.39 is 18.0 Å². The molecule has 0 aliphatic carbocycles. The lowest BCUT2D eigenvalue weighted by Crippen LogP contribution is -2.12. The molecule has 11 heteroatoms. The molecule has 0 unspecified atom stereocenters. The van der Waals surface area contributed by atoms with Gasteiger partial charge in [0, 0.05) is 29.7 Å². The van der Waals surface area contributed by atoms with Crippen LogP contribution in [-0.2, 0) is 6.18 Å². The standard InChI is InChI=1S/C18H12F3N5O3/c1-28-12-4-2-3-11(8-12)22-16(27)13-9-26-6-5-10(7-14(26)23-13)15-24-17(29-25-15)18(19,20)21/h2-9H,1H3,(H,22,27). The number of anilines is 1. The van der Waals surface area contributed by atoms with E-state index in [1.165, 1.54) is 31.6 Å². The number of aromatic nitrogens is 4. The summed E-state index contributed by atoms with van der Waals surface area (Å²) in [6.45, 7) is 0. The lowest BCUT2D eigenvalue weighted by molar-refractivity contribution is -0.159. The Morgan fingerprint density at radius 2 is 2.03 bits per heavy atom. The minimum absolute atomic E-state index is 0.120. The van der Waals surface area contributed by atoms with E-state index in [1.54, 1.807) is 28.7 Å². The van der Waals surface area contributed by atoms with Crippen LogP contribution in [0.3, 0.4) is 0 Å². The number of benzene rings is 1. The van der Waals surface area contributed by atoms with Crippen LogP contribution in [0.2, 0.25) is 0 Å². The highest BCUT2D eigenvalue weighted by Gasteiger charge is 2.38. The number of hydrogen-bond donors (Lipinski definition) is 1. The molecule has 4 rings (SSSR count). The maximum absolute atomic E-state index is 12.6. The summed E-state index contributed by atoms with van der Waals surface area (Å²) in [6.07, 6.45) is -1.70. The van der Waals surface area contributed by atoms with Gasteiger partial charge >= 0.3 is 12.1 Å². The number of methoxy groups -OCH3 is 1. The minimum Gasteiger partial charge on any atom is -0.497 e. The van der Waals surface area contributed by atoms with Crippen molar-refractivity contribution in [1.82, 2.24) is 19.5 Å². The van der Waals surface area contributed by atoms with Crippen molar-refractivity contribution >= 4 is 17.2 Å². The molecule has 3 heterocycles. The molecule has 0 bridgehead atoms. The molecule has 3 aromatic heterocycles. The molecule has 8 nitrogen and oxygen atoms in total. The lowest BCUT2D eigenvalue weighted by atomic mass is 10.2. The summed E-state index contributed by atoms with van der Waals surface area (Å²) >= 11 is 0. The molecular formula is C18H12F3N5O3. The second-order valence-corrected chi connectivity index (χ2v) is 5.91. The topological polar surface area (TPSA) is 94.5 Å². The molecule has 0 atom stereocenters. The van der Waals surface area contributed by atoms with Crippen molar-refractivity contribution in [3.05, 3.63) is 60.4 Å². The Hall–Kier alpha value is -3.89. The van der Waals surface area contributed by atoms with E-state index in [4.69, 9.17) is 4.74 Å². The maximum atomic E-state index is 12.6. The second kappa shape index (κ2) is 6.93. The van der Waals surface area contributed by atoms with E-state index in [2.05, 4.69) is 25.0 Å². The number of imidazole rings is 1. The Labute approximate surface area is 160 Å². The number of nitrogens with one attached hydrogen (secondary N) is 1. The van der Waals surface area contributed by atoms with Gasteiger partial charge in [-0.3, -0.25) is 4.79 Å². The lowest BCUT2D eigenvalue weighted by Gasteiger charge is -2.05. The first kappa shape index (κ1) is 18.5. The van der Waals surface area contributed by atoms with Gasteiger partial charge in [-0.1, -0.05) is 11.2 Å². The first-order valence-corrected chi connectivity index (χ1v) is 8.19. The average molecular weight is 403 g/mol. The van der Waals surface area contributed by atoms with Crippen molar-refractivity contribution in [3.63, 3.8) is 0 Å². The number of halogens is 3. The first-order valence-electron chi connectivity index (χ1n) is 8.19. The number of hydrogen-bond acceptors (Lipinski definition) is 6. The Morgan fingerprint density at radius 1 is 1.21 bits per heavy atom. The van der Waals surface area contributed by atoms with Gasteiger partial charge in [0.05, 0.1) is 7.11 Å². The summed E-state index contributed by atoms with van der Waals surface area (Å²) < 4.78 is 48.8. The monoisotopic (exact) mass is 403 g/mol. The molecule has 0 fully saturated rings. The predicted molar refractivity (Wildman–Crippen MR) is 94.4 cm³/mol. The Kier molecular flexibility index (Phi) is 4.41. The number of carbonyl (C=O) groups excluding carboxylic acids is 1. The molecule has 0 radical (unpaired) electrons. The van der Waals surface area contributed by atoms with Gasteiger partial charge in [0.1, 0.15) is 17.1 Å². The number of alkyl halides is 3. The van der Waals surface area contributed by atoms with E-state index >= 15 is 0 Å². The number of carbonyl (C=O) groups is 1. The third kappa shape index (κ3) is 3.74. The SMILES string of the molecule is COc1cccc(NC(=O)c2cn3ccc(-c4noc(C(F)(F)F)n4)cc3n2)c1. The molecule has 4 aromatic rings. The molecule has 29 heavy (non-hydrogen) atoms. The smallest absolute Gasteiger partial charge is 0.471 e. The van der Waals surface area contributed by atoms with Crippen LogP contribution in [0.5, 0.6) is 5.75 Å². The zero-order valence-corrected chi connectivity index (χ0v) is 14.8. The minimum atomic E-state index is -4.73. The highest BCUT2D eigenvalue weighted by Crippen LogP contribution is 2.29. The Balaban J connectivity index is 1.59. The molecule has 148 valence electrons. The van der Waals surface area contributed by atoms with Crippen molar-refractivity contribution in [1.29, 1.82) is 0 Å². The molecule has 0 spiro atoms. The number of rotatable bonds is 4. The zero-order valence-electron chi connectivity index (χ0n) is 14.8. The van der Waals surface area contributed by atoms with Crippen LogP contribution in [0.1, 0.15) is 16.4 Å². The molecule has 0 aliphatic rings.